The summed E-state index contributed by atoms with van der Waals surface area (Å²) in [7, 11) is 1.70. The maximum atomic E-state index is 14.1. The highest BCUT2D eigenvalue weighted by Crippen LogP contribution is 2.51. The average molecular weight is 531 g/mol. The summed E-state index contributed by atoms with van der Waals surface area (Å²) in [5.74, 6) is 2.36. The van der Waals surface area contributed by atoms with Crippen molar-refractivity contribution in [2.75, 3.05) is 20.2 Å². The molecule has 1 aliphatic heterocycles. The van der Waals surface area contributed by atoms with E-state index in [1.54, 1.807) is 7.11 Å². The van der Waals surface area contributed by atoms with Gasteiger partial charge < -0.3 is 14.5 Å². The molecule has 1 atom stereocenters. The first kappa shape index (κ1) is 28.1. The topological polar surface area (TPSA) is 32.8 Å². The van der Waals surface area contributed by atoms with Crippen molar-refractivity contribution in [3.8, 4) is 5.75 Å². The molecule has 1 spiro atoms. The third-order valence-corrected chi connectivity index (χ3v) is 10.5. The summed E-state index contributed by atoms with van der Waals surface area (Å²) in [6.07, 6.45) is 15.0. The second-order valence-corrected chi connectivity index (χ2v) is 13.0. The summed E-state index contributed by atoms with van der Waals surface area (Å²) in [4.78, 5) is 18.6. The number of carbonyl (C=O) groups is 1. The minimum absolute atomic E-state index is 0.0358. The van der Waals surface area contributed by atoms with Crippen LogP contribution in [0.3, 0.4) is 0 Å². The standard InChI is InChI=1S/C35H50N2O2/c1-4-28(2)25-34(31-13-9-6-10-14-31)20-22-35(23-21-34)27-36(26-30-15-17-32(39-3)18-16-30)33(38)37(35)24-19-29-11-7-5-8-12-29/h6,9-10,13-18,28-29H,4-5,7-8,11-12,19-27H2,1-3H3/t28?,34-,35-. The molecule has 0 aromatic heterocycles. The maximum absolute atomic E-state index is 14.1. The van der Waals surface area contributed by atoms with E-state index in [1.807, 2.05) is 12.1 Å². The van der Waals surface area contributed by atoms with E-state index in [-0.39, 0.29) is 17.0 Å². The number of nitrogens with zero attached hydrogens (tertiary/aromatic N) is 2. The van der Waals surface area contributed by atoms with Crippen molar-refractivity contribution < 1.29 is 9.53 Å². The van der Waals surface area contributed by atoms with Crippen LogP contribution in [0.5, 0.6) is 5.75 Å². The molecule has 0 radical (unpaired) electrons. The van der Waals surface area contributed by atoms with Crippen molar-refractivity contribution in [2.24, 2.45) is 11.8 Å². The van der Waals surface area contributed by atoms with Crippen LogP contribution in [0.1, 0.15) is 102 Å². The molecule has 2 aliphatic carbocycles. The van der Waals surface area contributed by atoms with Gasteiger partial charge in [-0.05, 0) is 79.0 Å². The summed E-state index contributed by atoms with van der Waals surface area (Å²) < 4.78 is 5.36. The molecule has 39 heavy (non-hydrogen) atoms. The fourth-order valence-corrected chi connectivity index (χ4v) is 7.91. The van der Waals surface area contributed by atoms with E-state index in [0.717, 1.165) is 37.6 Å². The van der Waals surface area contributed by atoms with E-state index in [2.05, 4.69) is 66.1 Å². The lowest BCUT2D eigenvalue weighted by Crippen LogP contribution is -2.53. The van der Waals surface area contributed by atoms with Gasteiger partial charge in [-0.1, -0.05) is 94.8 Å². The minimum Gasteiger partial charge on any atom is -0.497 e. The molecule has 1 heterocycles. The van der Waals surface area contributed by atoms with Crippen molar-refractivity contribution in [3.05, 3.63) is 65.7 Å². The molecule has 3 fully saturated rings. The van der Waals surface area contributed by atoms with E-state index in [1.165, 1.54) is 75.3 Å². The lowest BCUT2D eigenvalue weighted by molar-refractivity contribution is 0.0731. The maximum Gasteiger partial charge on any atom is 0.320 e. The first-order valence-corrected chi connectivity index (χ1v) is 15.7. The van der Waals surface area contributed by atoms with E-state index in [0.29, 0.717) is 12.5 Å². The fourth-order valence-electron chi connectivity index (χ4n) is 7.91. The number of ether oxygens (including phenoxy) is 1. The molecule has 2 aromatic carbocycles. The molecule has 2 amide bonds. The molecule has 4 nitrogen and oxygen atoms in total. The molecule has 1 saturated heterocycles. The summed E-state index contributed by atoms with van der Waals surface area (Å²) in [6, 6.07) is 19.8. The molecule has 4 heteroatoms. The molecule has 2 aromatic rings. The Morgan fingerprint density at radius 2 is 1.64 bits per heavy atom. The molecule has 5 rings (SSSR count). The SMILES string of the molecule is CCC(C)C[C@]1(c2ccccc2)CC[C@]2(CC1)CN(Cc1ccc(OC)cc1)C(=O)N2CCC1CCCCC1. The molecule has 0 N–H and O–H groups in total. The van der Waals surface area contributed by atoms with Crippen LogP contribution >= 0.6 is 0 Å². The predicted molar refractivity (Wildman–Crippen MR) is 160 cm³/mol. The molecule has 1 unspecified atom stereocenters. The van der Waals surface area contributed by atoms with Crippen LogP contribution in [0.15, 0.2) is 54.6 Å². The smallest absolute Gasteiger partial charge is 0.320 e. The van der Waals surface area contributed by atoms with E-state index in [4.69, 9.17) is 4.74 Å². The van der Waals surface area contributed by atoms with Gasteiger partial charge in [-0.2, -0.15) is 0 Å². The van der Waals surface area contributed by atoms with Crippen molar-refractivity contribution in [1.29, 1.82) is 0 Å². The van der Waals surface area contributed by atoms with Gasteiger partial charge in [0.2, 0.25) is 0 Å². The molecule has 2 saturated carbocycles. The lowest BCUT2D eigenvalue weighted by Gasteiger charge is -2.49. The van der Waals surface area contributed by atoms with Crippen LogP contribution in [0.25, 0.3) is 0 Å². The number of methoxy groups -OCH3 is 1. The van der Waals surface area contributed by atoms with Crippen LogP contribution in [-0.2, 0) is 12.0 Å². The quantitative estimate of drug-likeness (QED) is 0.308. The Balaban J connectivity index is 1.37. The Kier molecular flexibility index (Phi) is 8.89. The lowest BCUT2D eigenvalue weighted by atomic mass is 9.60. The monoisotopic (exact) mass is 530 g/mol. The van der Waals surface area contributed by atoms with Crippen LogP contribution in [0.2, 0.25) is 0 Å². The van der Waals surface area contributed by atoms with E-state index < -0.39 is 0 Å². The van der Waals surface area contributed by atoms with Gasteiger partial charge in [-0.15, -0.1) is 0 Å². The van der Waals surface area contributed by atoms with Crippen molar-refractivity contribution in [1.82, 2.24) is 9.80 Å². The fraction of sp³-hybridized carbons (Fsp3) is 0.629. The van der Waals surface area contributed by atoms with Crippen LogP contribution in [0.4, 0.5) is 4.79 Å². The number of amides is 2. The number of hydrogen-bond acceptors (Lipinski definition) is 2. The normalized spacial score (nSPS) is 26.8. The summed E-state index contributed by atoms with van der Waals surface area (Å²) in [5.41, 5.74) is 2.88. The summed E-state index contributed by atoms with van der Waals surface area (Å²) >= 11 is 0. The van der Waals surface area contributed by atoms with Crippen molar-refractivity contribution in [2.45, 2.75) is 108 Å². The van der Waals surface area contributed by atoms with Gasteiger partial charge in [0, 0.05) is 19.6 Å². The van der Waals surface area contributed by atoms with Gasteiger partial charge in [0.15, 0.2) is 0 Å². The first-order valence-electron chi connectivity index (χ1n) is 15.7. The predicted octanol–water partition coefficient (Wildman–Crippen LogP) is 8.59. The number of carbonyl (C=O) groups excluding carboxylic acids is 1. The number of rotatable bonds is 10. The average Bonchev–Trinajstić information content (AvgIpc) is 3.24. The highest BCUT2D eigenvalue weighted by atomic mass is 16.5. The first-order chi connectivity index (χ1) is 19.0. The molecule has 212 valence electrons. The summed E-state index contributed by atoms with van der Waals surface area (Å²) in [6.45, 7) is 7.21. The Morgan fingerprint density at radius 3 is 2.28 bits per heavy atom. The van der Waals surface area contributed by atoms with Crippen LogP contribution in [0, 0.1) is 11.8 Å². The number of benzene rings is 2. The Hall–Kier alpha value is -2.49. The zero-order valence-electron chi connectivity index (χ0n) is 24.7. The van der Waals surface area contributed by atoms with Gasteiger partial charge in [0.05, 0.1) is 12.6 Å². The third kappa shape index (κ3) is 6.15. The van der Waals surface area contributed by atoms with Gasteiger partial charge in [0.1, 0.15) is 5.75 Å². The zero-order valence-corrected chi connectivity index (χ0v) is 24.7. The van der Waals surface area contributed by atoms with Gasteiger partial charge >= 0.3 is 6.03 Å². The van der Waals surface area contributed by atoms with E-state index >= 15 is 0 Å². The largest absolute Gasteiger partial charge is 0.497 e. The number of hydrogen-bond donors (Lipinski definition) is 0. The summed E-state index contributed by atoms with van der Waals surface area (Å²) in [5, 5.41) is 0. The van der Waals surface area contributed by atoms with E-state index in [9.17, 15) is 4.79 Å². The highest BCUT2D eigenvalue weighted by Gasteiger charge is 2.53. The van der Waals surface area contributed by atoms with Gasteiger partial charge in [0.25, 0.3) is 0 Å². The molecule has 3 aliphatic rings. The van der Waals surface area contributed by atoms with Crippen LogP contribution in [-0.4, -0.2) is 41.6 Å². The van der Waals surface area contributed by atoms with Crippen molar-refractivity contribution in [3.63, 3.8) is 0 Å². The highest BCUT2D eigenvalue weighted by molar-refractivity contribution is 5.78. The minimum atomic E-state index is -0.0358. The second kappa shape index (κ2) is 12.4. The number of urea groups is 1. The zero-order chi connectivity index (χ0) is 27.3. The third-order valence-electron chi connectivity index (χ3n) is 10.5. The Bertz CT molecular complexity index is 1050. The molecular formula is C35H50N2O2. The van der Waals surface area contributed by atoms with Crippen molar-refractivity contribution >= 4 is 6.03 Å². The Morgan fingerprint density at radius 1 is 0.949 bits per heavy atom. The van der Waals surface area contributed by atoms with Crippen LogP contribution < -0.4 is 4.74 Å². The van der Waals surface area contributed by atoms with Gasteiger partial charge in [-0.3, -0.25) is 0 Å². The Labute approximate surface area is 237 Å². The second-order valence-electron chi connectivity index (χ2n) is 13.0. The molecular weight excluding hydrogens is 480 g/mol. The van der Waals surface area contributed by atoms with Gasteiger partial charge in [-0.25, -0.2) is 4.79 Å². The molecule has 0 bridgehead atoms.